The van der Waals surface area contributed by atoms with Gasteiger partial charge in [-0.2, -0.15) is 18.2 Å². The summed E-state index contributed by atoms with van der Waals surface area (Å²) in [6.07, 6.45) is -3.00. The number of aromatic nitrogens is 3. The van der Waals surface area contributed by atoms with Gasteiger partial charge in [0.25, 0.3) is 5.91 Å². The molecule has 0 radical (unpaired) electrons. The van der Waals surface area contributed by atoms with Gasteiger partial charge in [0.2, 0.25) is 11.9 Å². The molecule has 1 saturated heterocycles. The van der Waals surface area contributed by atoms with E-state index >= 15 is 0 Å². The van der Waals surface area contributed by atoms with Crippen molar-refractivity contribution in [3.05, 3.63) is 66.0 Å². The van der Waals surface area contributed by atoms with Gasteiger partial charge in [0.1, 0.15) is 12.1 Å². The predicted octanol–water partition coefficient (Wildman–Crippen LogP) is 3.25. The van der Waals surface area contributed by atoms with Crippen molar-refractivity contribution in [3.8, 4) is 5.75 Å². The molecule has 2 aromatic carbocycles. The second kappa shape index (κ2) is 8.69. The molecule has 0 bridgehead atoms. The highest BCUT2D eigenvalue weighted by molar-refractivity contribution is 5.98. The summed E-state index contributed by atoms with van der Waals surface area (Å²) in [5.74, 6) is 0.733. The Morgan fingerprint density at radius 3 is 2.53 bits per heavy atom. The molecule has 0 atom stereocenters. The second-order valence-electron chi connectivity index (χ2n) is 7.25. The predicted molar refractivity (Wildman–Crippen MR) is 111 cm³/mol. The van der Waals surface area contributed by atoms with Crippen molar-refractivity contribution >= 4 is 23.5 Å². The summed E-state index contributed by atoms with van der Waals surface area (Å²) in [5, 5.41) is 2.98. The molecule has 1 aliphatic heterocycles. The number of nitrogens with one attached hydrogen (secondary N) is 1. The molecule has 32 heavy (non-hydrogen) atoms. The third-order valence-corrected chi connectivity index (χ3v) is 4.91. The van der Waals surface area contributed by atoms with E-state index in [0.717, 1.165) is 12.1 Å². The first-order valence-electron chi connectivity index (χ1n) is 9.69. The van der Waals surface area contributed by atoms with Gasteiger partial charge in [0, 0.05) is 19.0 Å². The van der Waals surface area contributed by atoms with Crippen molar-refractivity contribution in [1.29, 1.82) is 0 Å². The van der Waals surface area contributed by atoms with Crippen molar-refractivity contribution in [2.45, 2.75) is 6.18 Å². The zero-order chi connectivity index (χ0) is 22.7. The van der Waals surface area contributed by atoms with E-state index in [9.17, 15) is 18.0 Å². The maximum atomic E-state index is 12.6. The Hall–Kier alpha value is -3.89. The largest absolute Gasteiger partial charge is 0.493 e. The maximum absolute atomic E-state index is 12.6. The number of nitrogens with two attached hydrogens (primary N) is 1. The van der Waals surface area contributed by atoms with Crippen LogP contribution in [-0.4, -0.2) is 40.6 Å². The Balaban J connectivity index is 1.31. The number of benzene rings is 2. The molecule has 3 aromatic rings. The number of amides is 1. The van der Waals surface area contributed by atoms with Crippen LogP contribution in [0.2, 0.25) is 0 Å². The van der Waals surface area contributed by atoms with Gasteiger partial charge < -0.3 is 20.7 Å². The lowest BCUT2D eigenvalue weighted by Crippen LogP contribution is -2.50. The highest BCUT2D eigenvalue weighted by atomic mass is 19.4. The standard InChI is InChI=1S/C21H19F3N6O2/c22-21(23,24)14-5-7-15(8-6-14)32-11-13-9-30(10-13)20-27-12-26-19(29-20)28-17-4-2-1-3-16(17)18(25)31/h1-8,12-13H,9-11H2,(H2,25,31)(H,26,27,28,29). The van der Waals surface area contributed by atoms with E-state index in [1.807, 2.05) is 4.90 Å². The van der Waals surface area contributed by atoms with Crippen LogP contribution in [0.25, 0.3) is 0 Å². The summed E-state index contributed by atoms with van der Waals surface area (Å²) < 4.78 is 43.5. The molecule has 11 heteroatoms. The summed E-state index contributed by atoms with van der Waals surface area (Å²) in [5.41, 5.74) is 5.48. The average molecular weight is 444 g/mol. The van der Waals surface area contributed by atoms with E-state index in [4.69, 9.17) is 10.5 Å². The fourth-order valence-electron chi connectivity index (χ4n) is 3.22. The zero-order valence-electron chi connectivity index (χ0n) is 16.7. The quantitative estimate of drug-likeness (QED) is 0.576. The minimum Gasteiger partial charge on any atom is -0.493 e. The van der Waals surface area contributed by atoms with E-state index in [0.29, 0.717) is 42.6 Å². The van der Waals surface area contributed by atoms with Gasteiger partial charge in [-0.05, 0) is 36.4 Å². The highest BCUT2D eigenvalue weighted by Gasteiger charge is 2.31. The van der Waals surface area contributed by atoms with E-state index in [2.05, 4.69) is 20.3 Å². The fraction of sp³-hybridized carbons (Fsp3) is 0.238. The number of carbonyl (C=O) groups is 1. The molecular formula is C21H19F3N6O2. The molecule has 0 spiro atoms. The second-order valence-corrected chi connectivity index (χ2v) is 7.25. The smallest absolute Gasteiger partial charge is 0.416 e. The van der Waals surface area contributed by atoms with Crippen LogP contribution in [0.4, 0.5) is 30.8 Å². The maximum Gasteiger partial charge on any atom is 0.416 e. The first kappa shape index (κ1) is 21.3. The molecule has 4 rings (SSSR count). The van der Waals surface area contributed by atoms with Gasteiger partial charge in [-0.3, -0.25) is 4.79 Å². The van der Waals surface area contributed by atoms with E-state index in [-0.39, 0.29) is 11.9 Å². The molecular weight excluding hydrogens is 425 g/mol. The van der Waals surface area contributed by atoms with Crippen LogP contribution >= 0.6 is 0 Å². The molecule has 3 N–H and O–H groups in total. The Bertz CT molecular complexity index is 1100. The number of hydrogen-bond acceptors (Lipinski definition) is 7. The van der Waals surface area contributed by atoms with Crippen LogP contribution in [0.5, 0.6) is 5.75 Å². The molecule has 0 unspecified atom stereocenters. The third-order valence-electron chi connectivity index (χ3n) is 4.91. The number of anilines is 3. The van der Waals surface area contributed by atoms with Crippen molar-refractivity contribution in [1.82, 2.24) is 15.0 Å². The number of carbonyl (C=O) groups excluding carboxylic acids is 1. The van der Waals surface area contributed by atoms with Crippen LogP contribution in [0.15, 0.2) is 54.9 Å². The lowest BCUT2D eigenvalue weighted by Gasteiger charge is -2.38. The minimum atomic E-state index is -4.37. The number of para-hydroxylation sites is 1. The summed E-state index contributed by atoms with van der Waals surface area (Å²) in [4.78, 5) is 26.1. The molecule has 0 aliphatic carbocycles. The van der Waals surface area contributed by atoms with Gasteiger partial charge in [-0.25, -0.2) is 9.97 Å². The first-order chi connectivity index (χ1) is 15.3. The molecule has 1 aromatic heterocycles. The Kier molecular flexibility index (Phi) is 5.80. The monoisotopic (exact) mass is 444 g/mol. The average Bonchev–Trinajstić information content (AvgIpc) is 2.73. The number of hydrogen-bond donors (Lipinski definition) is 2. The van der Waals surface area contributed by atoms with Crippen LogP contribution in [0, 0.1) is 5.92 Å². The van der Waals surface area contributed by atoms with Gasteiger partial charge in [0.15, 0.2) is 0 Å². The molecule has 1 amide bonds. The minimum absolute atomic E-state index is 0.182. The summed E-state index contributed by atoms with van der Waals surface area (Å²) in [6.45, 7) is 1.62. The van der Waals surface area contributed by atoms with Crippen molar-refractivity contribution < 1.29 is 22.7 Å². The summed E-state index contributed by atoms with van der Waals surface area (Å²) in [7, 11) is 0. The van der Waals surface area contributed by atoms with E-state index in [1.54, 1.807) is 24.3 Å². The molecule has 1 aliphatic rings. The zero-order valence-corrected chi connectivity index (χ0v) is 16.7. The van der Waals surface area contributed by atoms with Crippen LogP contribution in [-0.2, 0) is 6.18 Å². The SMILES string of the molecule is NC(=O)c1ccccc1Nc1ncnc(N2CC(COc3ccc(C(F)(F)F)cc3)C2)n1. The van der Waals surface area contributed by atoms with Gasteiger partial charge in [-0.1, -0.05) is 12.1 Å². The van der Waals surface area contributed by atoms with Gasteiger partial charge in [-0.15, -0.1) is 0 Å². The van der Waals surface area contributed by atoms with E-state index in [1.165, 1.54) is 18.5 Å². The number of alkyl halides is 3. The summed E-state index contributed by atoms with van der Waals surface area (Å²) >= 11 is 0. The van der Waals surface area contributed by atoms with E-state index < -0.39 is 17.6 Å². The topological polar surface area (TPSA) is 106 Å². The molecule has 1 fully saturated rings. The Labute approximate surface area is 181 Å². The number of halogens is 3. The van der Waals surface area contributed by atoms with Crippen LogP contribution in [0.3, 0.4) is 0 Å². The lowest BCUT2D eigenvalue weighted by molar-refractivity contribution is -0.137. The molecule has 0 saturated carbocycles. The first-order valence-corrected chi connectivity index (χ1v) is 9.69. The normalized spacial score (nSPS) is 14.0. The van der Waals surface area contributed by atoms with Crippen molar-refractivity contribution in [2.75, 3.05) is 29.9 Å². The van der Waals surface area contributed by atoms with Gasteiger partial charge >= 0.3 is 6.18 Å². The van der Waals surface area contributed by atoms with Crippen molar-refractivity contribution in [2.24, 2.45) is 11.7 Å². The highest BCUT2D eigenvalue weighted by Crippen LogP contribution is 2.30. The lowest BCUT2D eigenvalue weighted by atomic mass is 10.0. The van der Waals surface area contributed by atoms with Gasteiger partial charge in [0.05, 0.1) is 23.4 Å². The van der Waals surface area contributed by atoms with Crippen molar-refractivity contribution in [3.63, 3.8) is 0 Å². The number of primary amides is 1. The van der Waals surface area contributed by atoms with Crippen LogP contribution < -0.4 is 20.7 Å². The molecule has 2 heterocycles. The molecule has 8 nitrogen and oxygen atoms in total. The molecule has 166 valence electrons. The number of ether oxygens (including phenoxy) is 1. The Morgan fingerprint density at radius 2 is 1.84 bits per heavy atom. The fourth-order valence-corrected chi connectivity index (χ4v) is 3.22. The number of nitrogens with zero attached hydrogens (tertiary/aromatic N) is 4. The Morgan fingerprint density at radius 1 is 1.12 bits per heavy atom. The number of rotatable bonds is 7. The van der Waals surface area contributed by atoms with Crippen LogP contribution in [0.1, 0.15) is 15.9 Å². The third kappa shape index (κ3) is 4.88. The summed E-state index contributed by atoms with van der Waals surface area (Å²) in [6, 6.07) is 11.4.